The first-order valence-corrected chi connectivity index (χ1v) is 7.03. The van der Waals surface area contributed by atoms with Crippen LogP contribution in [-0.2, 0) is 6.54 Å². The molecular weight excluding hydrogens is 290 g/mol. The Bertz CT molecular complexity index is 857. The van der Waals surface area contributed by atoms with E-state index in [9.17, 15) is 4.79 Å². The predicted octanol–water partition coefficient (Wildman–Crippen LogP) is 2.68. The standard InChI is InChI=1S/C16H14ClNO3/c17-11-2-3-12-15(8-11)21-14-4-1-10(9-18-5-6-19)7-13(14)16(12)20/h1-4,7-8,18-19H,5-6,9H2. The molecule has 2 aromatic carbocycles. The van der Waals surface area contributed by atoms with E-state index in [2.05, 4.69) is 5.32 Å². The Labute approximate surface area is 126 Å². The maximum atomic E-state index is 12.5. The maximum absolute atomic E-state index is 12.5. The van der Waals surface area contributed by atoms with E-state index >= 15 is 0 Å². The van der Waals surface area contributed by atoms with Gasteiger partial charge in [-0.2, -0.15) is 0 Å². The van der Waals surface area contributed by atoms with Gasteiger partial charge in [0.1, 0.15) is 11.2 Å². The van der Waals surface area contributed by atoms with Crippen LogP contribution < -0.4 is 10.7 Å². The van der Waals surface area contributed by atoms with Crippen LogP contribution in [0.4, 0.5) is 0 Å². The highest BCUT2D eigenvalue weighted by Crippen LogP contribution is 2.22. The van der Waals surface area contributed by atoms with E-state index in [0.717, 1.165) is 5.56 Å². The summed E-state index contributed by atoms with van der Waals surface area (Å²) in [6.07, 6.45) is 0. The zero-order chi connectivity index (χ0) is 14.8. The molecule has 3 aromatic rings. The molecule has 108 valence electrons. The summed E-state index contributed by atoms with van der Waals surface area (Å²) in [5, 5.41) is 13.4. The summed E-state index contributed by atoms with van der Waals surface area (Å²) in [6.45, 7) is 1.19. The van der Waals surface area contributed by atoms with Gasteiger partial charge < -0.3 is 14.8 Å². The van der Waals surface area contributed by atoms with Gasteiger partial charge in [0, 0.05) is 24.2 Å². The van der Waals surface area contributed by atoms with Crippen molar-refractivity contribution in [3.8, 4) is 0 Å². The number of rotatable bonds is 4. The summed E-state index contributed by atoms with van der Waals surface area (Å²) in [6, 6.07) is 10.5. The first kappa shape index (κ1) is 14.1. The van der Waals surface area contributed by atoms with Gasteiger partial charge in [0.2, 0.25) is 5.43 Å². The normalized spacial score (nSPS) is 11.3. The van der Waals surface area contributed by atoms with Crippen molar-refractivity contribution in [2.75, 3.05) is 13.2 Å². The topological polar surface area (TPSA) is 62.5 Å². The summed E-state index contributed by atoms with van der Waals surface area (Å²) in [5.41, 5.74) is 1.94. The van der Waals surface area contributed by atoms with Crippen molar-refractivity contribution in [3.05, 3.63) is 57.2 Å². The van der Waals surface area contributed by atoms with E-state index < -0.39 is 0 Å². The monoisotopic (exact) mass is 303 g/mol. The van der Waals surface area contributed by atoms with Crippen molar-refractivity contribution in [1.29, 1.82) is 0 Å². The minimum atomic E-state index is -0.0630. The molecule has 3 rings (SSSR count). The van der Waals surface area contributed by atoms with Crippen LogP contribution in [0.25, 0.3) is 21.9 Å². The fourth-order valence-corrected chi connectivity index (χ4v) is 2.46. The fraction of sp³-hybridized carbons (Fsp3) is 0.188. The number of benzene rings is 2. The second-order valence-electron chi connectivity index (χ2n) is 4.80. The van der Waals surface area contributed by atoms with Gasteiger partial charge in [0.05, 0.1) is 17.4 Å². The van der Waals surface area contributed by atoms with Crippen molar-refractivity contribution in [2.24, 2.45) is 0 Å². The fourth-order valence-electron chi connectivity index (χ4n) is 2.30. The first-order valence-electron chi connectivity index (χ1n) is 6.65. The summed E-state index contributed by atoms with van der Waals surface area (Å²) >= 11 is 5.93. The number of hydrogen-bond acceptors (Lipinski definition) is 4. The van der Waals surface area contributed by atoms with Crippen molar-refractivity contribution < 1.29 is 9.52 Å². The average molecular weight is 304 g/mol. The Morgan fingerprint density at radius 2 is 1.95 bits per heavy atom. The molecule has 21 heavy (non-hydrogen) atoms. The van der Waals surface area contributed by atoms with Crippen LogP contribution in [0.15, 0.2) is 45.6 Å². The lowest BCUT2D eigenvalue weighted by Crippen LogP contribution is -2.17. The molecule has 0 aliphatic heterocycles. The molecule has 1 heterocycles. The van der Waals surface area contributed by atoms with Gasteiger partial charge in [0.15, 0.2) is 0 Å². The minimum absolute atomic E-state index is 0.0630. The average Bonchev–Trinajstić information content (AvgIpc) is 2.48. The SMILES string of the molecule is O=c1c2ccc(Cl)cc2oc2ccc(CNCCO)cc12. The van der Waals surface area contributed by atoms with Crippen molar-refractivity contribution in [1.82, 2.24) is 5.32 Å². The van der Waals surface area contributed by atoms with Crippen LogP contribution in [0.3, 0.4) is 0 Å². The van der Waals surface area contributed by atoms with Crippen LogP contribution in [0.2, 0.25) is 5.02 Å². The Kier molecular flexibility index (Phi) is 3.92. The molecule has 1 aromatic heterocycles. The lowest BCUT2D eigenvalue weighted by Gasteiger charge is -2.06. The van der Waals surface area contributed by atoms with Crippen molar-refractivity contribution >= 4 is 33.5 Å². The molecule has 0 atom stereocenters. The Hall–Kier alpha value is -1.88. The maximum Gasteiger partial charge on any atom is 0.200 e. The number of fused-ring (bicyclic) bond motifs is 2. The van der Waals surface area contributed by atoms with E-state index in [-0.39, 0.29) is 12.0 Å². The Morgan fingerprint density at radius 3 is 2.76 bits per heavy atom. The van der Waals surface area contributed by atoms with Gasteiger partial charge in [-0.15, -0.1) is 0 Å². The van der Waals surface area contributed by atoms with E-state index in [4.69, 9.17) is 21.1 Å². The highest BCUT2D eigenvalue weighted by atomic mass is 35.5. The molecule has 0 radical (unpaired) electrons. The number of hydrogen-bond donors (Lipinski definition) is 2. The summed E-state index contributed by atoms with van der Waals surface area (Å²) in [7, 11) is 0. The Morgan fingerprint density at radius 1 is 1.10 bits per heavy atom. The number of nitrogens with one attached hydrogen (secondary N) is 1. The van der Waals surface area contributed by atoms with E-state index in [1.165, 1.54) is 0 Å². The van der Waals surface area contributed by atoms with Gasteiger partial charge in [-0.05, 0) is 29.8 Å². The van der Waals surface area contributed by atoms with Crippen molar-refractivity contribution in [3.63, 3.8) is 0 Å². The lowest BCUT2D eigenvalue weighted by molar-refractivity contribution is 0.292. The van der Waals surface area contributed by atoms with Crippen LogP contribution in [0.1, 0.15) is 5.56 Å². The third-order valence-corrected chi connectivity index (χ3v) is 3.55. The summed E-state index contributed by atoms with van der Waals surface area (Å²) in [4.78, 5) is 12.5. The largest absolute Gasteiger partial charge is 0.456 e. The molecule has 0 aliphatic carbocycles. The smallest absolute Gasteiger partial charge is 0.200 e. The second kappa shape index (κ2) is 5.85. The molecule has 0 saturated carbocycles. The van der Waals surface area contributed by atoms with Crippen LogP contribution in [0, 0.1) is 0 Å². The summed E-state index contributed by atoms with van der Waals surface area (Å²) < 4.78 is 5.74. The van der Waals surface area contributed by atoms with E-state index in [1.54, 1.807) is 24.3 Å². The third kappa shape index (κ3) is 2.78. The number of aliphatic hydroxyl groups is 1. The van der Waals surface area contributed by atoms with E-state index in [1.807, 2.05) is 12.1 Å². The molecule has 4 nitrogen and oxygen atoms in total. The lowest BCUT2D eigenvalue weighted by atomic mass is 10.1. The Balaban J connectivity index is 2.12. The summed E-state index contributed by atoms with van der Waals surface area (Å²) in [5.74, 6) is 0. The third-order valence-electron chi connectivity index (χ3n) is 3.31. The molecule has 0 amide bonds. The minimum Gasteiger partial charge on any atom is -0.456 e. The van der Waals surface area contributed by atoms with Crippen LogP contribution in [0.5, 0.6) is 0 Å². The zero-order valence-electron chi connectivity index (χ0n) is 11.2. The molecule has 0 saturated heterocycles. The van der Waals surface area contributed by atoms with Gasteiger partial charge in [-0.25, -0.2) is 0 Å². The van der Waals surface area contributed by atoms with Crippen LogP contribution in [-0.4, -0.2) is 18.3 Å². The first-order chi connectivity index (χ1) is 10.2. The van der Waals surface area contributed by atoms with Gasteiger partial charge in [-0.3, -0.25) is 4.79 Å². The van der Waals surface area contributed by atoms with Crippen LogP contribution >= 0.6 is 11.6 Å². The molecule has 0 bridgehead atoms. The molecule has 0 aliphatic rings. The molecule has 0 spiro atoms. The quantitative estimate of drug-likeness (QED) is 0.574. The van der Waals surface area contributed by atoms with E-state index in [0.29, 0.717) is 40.1 Å². The molecule has 0 fully saturated rings. The van der Waals surface area contributed by atoms with Crippen molar-refractivity contribution in [2.45, 2.75) is 6.54 Å². The second-order valence-corrected chi connectivity index (χ2v) is 5.24. The highest BCUT2D eigenvalue weighted by molar-refractivity contribution is 6.31. The van der Waals surface area contributed by atoms with Gasteiger partial charge >= 0.3 is 0 Å². The number of halogens is 1. The zero-order valence-corrected chi connectivity index (χ0v) is 12.0. The molecule has 0 unspecified atom stereocenters. The van der Waals surface area contributed by atoms with Gasteiger partial charge in [0.25, 0.3) is 0 Å². The molecule has 2 N–H and O–H groups in total. The molecule has 5 heteroatoms. The molecular formula is C16H14ClNO3. The highest BCUT2D eigenvalue weighted by Gasteiger charge is 2.08. The predicted molar refractivity (Wildman–Crippen MR) is 83.8 cm³/mol. The number of aliphatic hydroxyl groups excluding tert-OH is 1. The van der Waals surface area contributed by atoms with Gasteiger partial charge in [-0.1, -0.05) is 17.7 Å².